The average molecular weight is 633 g/mol. The number of likely N-dealkylation sites (tertiary alicyclic amines) is 1. The molecule has 12 nitrogen and oxygen atoms in total. The summed E-state index contributed by atoms with van der Waals surface area (Å²) in [6, 6.07) is -2.87. The zero-order valence-corrected chi connectivity index (χ0v) is 27.6. The van der Waals surface area contributed by atoms with Gasteiger partial charge in [-0.3, -0.25) is 24.0 Å². The lowest BCUT2D eigenvalue weighted by molar-refractivity contribution is -0.152. The Bertz CT molecular complexity index is 1110. The number of hydrogen-bond acceptors (Lipinski definition) is 8. The summed E-state index contributed by atoms with van der Waals surface area (Å²) in [4.78, 5) is 79.5. The van der Waals surface area contributed by atoms with E-state index in [1.807, 2.05) is 0 Å². The van der Waals surface area contributed by atoms with E-state index in [1.54, 1.807) is 40.7 Å². The van der Waals surface area contributed by atoms with Crippen LogP contribution >= 0.6 is 0 Å². The molecule has 1 saturated heterocycles. The molecule has 1 unspecified atom stereocenters. The van der Waals surface area contributed by atoms with Crippen LogP contribution in [0, 0.1) is 5.92 Å². The molecular weight excluding hydrogens is 580 g/mol. The third-order valence-electron chi connectivity index (χ3n) is 7.90. The van der Waals surface area contributed by atoms with Crippen LogP contribution in [0.5, 0.6) is 0 Å². The highest BCUT2D eigenvalue weighted by Gasteiger charge is 2.42. The molecule has 0 bridgehead atoms. The van der Waals surface area contributed by atoms with Gasteiger partial charge >= 0.3 is 12.1 Å². The number of alkyl carbamates (subject to hydrolysis) is 1. The topological polar surface area (TPSA) is 160 Å². The van der Waals surface area contributed by atoms with Crippen LogP contribution in [-0.2, 0) is 33.4 Å². The molecule has 4 amide bonds. The van der Waals surface area contributed by atoms with E-state index in [0.717, 1.165) is 32.1 Å². The minimum absolute atomic E-state index is 0.0891. The van der Waals surface area contributed by atoms with Crippen LogP contribution in [0.1, 0.15) is 98.8 Å². The van der Waals surface area contributed by atoms with Crippen molar-refractivity contribution in [3.05, 3.63) is 25.3 Å². The summed E-state index contributed by atoms with van der Waals surface area (Å²) in [6.07, 6.45) is 8.12. The molecule has 45 heavy (non-hydrogen) atoms. The summed E-state index contributed by atoms with van der Waals surface area (Å²) in [6.45, 7) is 16.0. The van der Waals surface area contributed by atoms with Crippen LogP contribution in [0.25, 0.3) is 0 Å². The zero-order valence-electron chi connectivity index (χ0n) is 27.6. The molecule has 1 aliphatic heterocycles. The summed E-state index contributed by atoms with van der Waals surface area (Å²) in [5.74, 6) is -3.38. The molecule has 3 atom stereocenters. The van der Waals surface area contributed by atoms with Crippen molar-refractivity contribution in [1.29, 1.82) is 0 Å². The van der Waals surface area contributed by atoms with Gasteiger partial charge in [-0.15, -0.1) is 6.58 Å². The van der Waals surface area contributed by atoms with Gasteiger partial charge in [0.25, 0.3) is 5.91 Å². The number of esters is 1. The molecule has 12 heteroatoms. The van der Waals surface area contributed by atoms with E-state index in [0.29, 0.717) is 25.8 Å². The number of carbonyl (C=O) groups is 6. The van der Waals surface area contributed by atoms with Gasteiger partial charge in [0, 0.05) is 13.1 Å². The van der Waals surface area contributed by atoms with Crippen LogP contribution in [-0.4, -0.2) is 82.9 Å². The second-order valence-electron chi connectivity index (χ2n) is 13.3. The lowest BCUT2D eigenvalue weighted by Crippen LogP contribution is -2.58. The molecule has 0 spiro atoms. The SMILES string of the molecule is C=CCCC(NC(=O)[C@@H]1CCCN1C(=O)[C@@H](NC(=O)OC(C)(C)C)C1CCCCC1)C(=O)C(=O)NCCC(=O)OC(C)(C)C=C. The Hall–Kier alpha value is -3.70. The predicted octanol–water partition coefficient (Wildman–Crippen LogP) is 3.49. The molecule has 1 saturated carbocycles. The first-order chi connectivity index (χ1) is 21.1. The summed E-state index contributed by atoms with van der Waals surface area (Å²) < 4.78 is 10.7. The Morgan fingerprint density at radius 1 is 0.911 bits per heavy atom. The van der Waals surface area contributed by atoms with Gasteiger partial charge in [-0.25, -0.2) is 4.79 Å². The fourth-order valence-corrected chi connectivity index (χ4v) is 5.50. The number of allylic oxidation sites excluding steroid dienone is 1. The minimum atomic E-state index is -1.16. The number of ether oxygens (including phenoxy) is 2. The molecular formula is C33H52N4O8. The van der Waals surface area contributed by atoms with Gasteiger partial charge in [0.05, 0.1) is 12.5 Å². The molecule has 0 radical (unpaired) electrons. The molecule has 0 aromatic heterocycles. The van der Waals surface area contributed by atoms with Crippen LogP contribution in [0.15, 0.2) is 25.3 Å². The first kappa shape index (κ1) is 37.5. The van der Waals surface area contributed by atoms with Crippen molar-refractivity contribution in [3.63, 3.8) is 0 Å². The van der Waals surface area contributed by atoms with Crippen molar-refractivity contribution >= 4 is 35.6 Å². The number of Topliss-reactive ketones (excluding diaryl/α,β-unsaturated/α-hetero) is 1. The van der Waals surface area contributed by atoms with E-state index in [1.165, 1.54) is 11.0 Å². The molecule has 1 aliphatic carbocycles. The molecule has 2 rings (SSSR count). The standard InChI is InChI=1S/C33H52N4O8/c1-8-10-17-23(27(39)29(41)34-20-19-25(38)44-33(6,7)9-2)35-28(40)24-18-14-21-37(24)30(42)26(22-15-12-11-13-16-22)36-31(43)45-32(3,4)5/h8-9,22-24,26H,1-2,10-21H2,3-7H3,(H,34,41)(H,35,40)(H,36,43)/t23?,24-,26-/m0/s1. The Labute approximate surface area is 267 Å². The van der Waals surface area contributed by atoms with Crippen molar-refractivity contribution in [2.45, 2.75) is 128 Å². The summed E-state index contributed by atoms with van der Waals surface area (Å²) in [5.41, 5.74) is -1.61. The number of ketones is 1. The lowest BCUT2D eigenvalue weighted by Gasteiger charge is -2.35. The number of nitrogens with zero attached hydrogens (tertiary/aromatic N) is 1. The van der Waals surface area contributed by atoms with Crippen LogP contribution in [0.3, 0.4) is 0 Å². The Morgan fingerprint density at radius 3 is 2.18 bits per heavy atom. The molecule has 252 valence electrons. The number of amides is 4. The summed E-state index contributed by atoms with van der Waals surface area (Å²) >= 11 is 0. The summed E-state index contributed by atoms with van der Waals surface area (Å²) in [7, 11) is 0. The van der Waals surface area contributed by atoms with Gasteiger partial charge in [-0.05, 0) is 85.1 Å². The van der Waals surface area contributed by atoms with Gasteiger partial charge in [-0.1, -0.05) is 31.9 Å². The molecule has 1 heterocycles. The van der Waals surface area contributed by atoms with Crippen molar-refractivity contribution in [3.8, 4) is 0 Å². The number of nitrogens with one attached hydrogen (secondary N) is 3. The van der Waals surface area contributed by atoms with Crippen LogP contribution < -0.4 is 16.0 Å². The normalized spacial score (nSPS) is 18.6. The first-order valence-corrected chi connectivity index (χ1v) is 16.0. The average Bonchev–Trinajstić information content (AvgIpc) is 3.47. The first-order valence-electron chi connectivity index (χ1n) is 16.0. The van der Waals surface area contributed by atoms with Gasteiger partial charge in [0.1, 0.15) is 23.3 Å². The van der Waals surface area contributed by atoms with E-state index in [-0.39, 0.29) is 31.2 Å². The van der Waals surface area contributed by atoms with E-state index >= 15 is 0 Å². The maximum atomic E-state index is 13.9. The Kier molecular flexibility index (Phi) is 14.3. The van der Waals surface area contributed by atoms with Crippen molar-refractivity contribution in [1.82, 2.24) is 20.9 Å². The van der Waals surface area contributed by atoms with E-state index in [2.05, 4.69) is 29.1 Å². The highest BCUT2D eigenvalue weighted by Crippen LogP contribution is 2.29. The Morgan fingerprint density at radius 2 is 1.58 bits per heavy atom. The van der Waals surface area contributed by atoms with Crippen LogP contribution in [0.2, 0.25) is 0 Å². The van der Waals surface area contributed by atoms with E-state index in [4.69, 9.17) is 9.47 Å². The van der Waals surface area contributed by atoms with Crippen molar-refractivity contribution in [2.24, 2.45) is 5.92 Å². The highest BCUT2D eigenvalue weighted by molar-refractivity contribution is 6.38. The van der Waals surface area contributed by atoms with Crippen LogP contribution in [0.4, 0.5) is 4.79 Å². The molecule has 2 aliphatic rings. The smallest absolute Gasteiger partial charge is 0.408 e. The second-order valence-corrected chi connectivity index (χ2v) is 13.3. The van der Waals surface area contributed by atoms with Gasteiger partial charge < -0.3 is 30.3 Å². The quantitative estimate of drug-likeness (QED) is 0.141. The van der Waals surface area contributed by atoms with Gasteiger partial charge in [0.15, 0.2) is 0 Å². The fourth-order valence-electron chi connectivity index (χ4n) is 5.50. The molecule has 0 aromatic rings. The number of hydrogen-bond donors (Lipinski definition) is 3. The predicted molar refractivity (Wildman–Crippen MR) is 169 cm³/mol. The third-order valence-corrected chi connectivity index (χ3v) is 7.90. The molecule has 3 N–H and O–H groups in total. The molecule has 0 aromatic carbocycles. The van der Waals surface area contributed by atoms with Crippen molar-refractivity contribution in [2.75, 3.05) is 13.1 Å². The second kappa shape index (κ2) is 17.1. The zero-order chi connectivity index (χ0) is 33.8. The third kappa shape index (κ3) is 12.3. The minimum Gasteiger partial charge on any atom is -0.455 e. The fraction of sp³-hybridized carbons (Fsp3) is 0.697. The maximum absolute atomic E-state index is 13.9. The maximum Gasteiger partial charge on any atom is 0.408 e. The molecule has 2 fully saturated rings. The monoisotopic (exact) mass is 632 g/mol. The lowest BCUT2D eigenvalue weighted by atomic mass is 9.83. The van der Waals surface area contributed by atoms with E-state index in [9.17, 15) is 28.8 Å². The summed E-state index contributed by atoms with van der Waals surface area (Å²) in [5, 5.41) is 7.89. The highest BCUT2D eigenvalue weighted by atomic mass is 16.6. The number of rotatable bonds is 15. The van der Waals surface area contributed by atoms with Gasteiger partial charge in [0.2, 0.25) is 17.6 Å². The largest absolute Gasteiger partial charge is 0.455 e. The van der Waals surface area contributed by atoms with Crippen molar-refractivity contribution < 1.29 is 38.2 Å². The number of carbonyl (C=O) groups excluding carboxylic acids is 6. The van der Waals surface area contributed by atoms with E-state index < -0.39 is 59.0 Å². The Balaban J connectivity index is 2.10. The van der Waals surface area contributed by atoms with Gasteiger partial charge in [-0.2, -0.15) is 0 Å².